The van der Waals surface area contributed by atoms with Gasteiger partial charge in [0.25, 0.3) is 0 Å². The first-order chi connectivity index (χ1) is 12.3. The summed E-state index contributed by atoms with van der Waals surface area (Å²) in [5.41, 5.74) is 3.11. The van der Waals surface area contributed by atoms with Crippen molar-refractivity contribution in [3.8, 4) is 0 Å². The van der Waals surface area contributed by atoms with Crippen LogP contribution < -0.4 is 0 Å². The Morgan fingerprint density at radius 2 is 1.48 bits per heavy atom. The van der Waals surface area contributed by atoms with Gasteiger partial charge in [0.2, 0.25) is 0 Å². The van der Waals surface area contributed by atoms with Crippen molar-refractivity contribution in [3.05, 3.63) is 48.0 Å². The lowest BCUT2D eigenvalue weighted by Crippen LogP contribution is -2.25. The predicted octanol–water partition coefficient (Wildman–Crippen LogP) is 7.69. The predicted molar refractivity (Wildman–Crippen MR) is 110 cm³/mol. The van der Waals surface area contributed by atoms with Crippen LogP contribution in [0.2, 0.25) is 0 Å². The van der Waals surface area contributed by atoms with Gasteiger partial charge in [-0.1, -0.05) is 56.5 Å². The van der Waals surface area contributed by atoms with Crippen LogP contribution in [-0.2, 0) is 6.42 Å². The van der Waals surface area contributed by atoms with Gasteiger partial charge in [-0.3, -0.25) is 0 Å². The average Bonchev–Trinajstić information content (AvgIpc) is 2.68. The van der Waals surface area contributed by atoms with Gasteiger partial charge in [0.15, 0.2) is 0 Å². The van der Waals surface area contributed by atoms with Crippen LogP contribution in [0.4, 0.5) is 0 Å². The largest absolute Gasteiger partial charge is 0.103 e. The second-order valence-electron chi connectivity index (χ2n) is 8.75. The average molecular weight is 339 g/mol. The molecule has 0 spiro atoms. The fraction of sp³-hybridized carbons (Fsp3) is 0.680. The van der Waals surface area contributed by atoms with Gasteiger partial charge in [-0.25, -0.2) is 0 Å². The molecular weight excluding hydrogens is 300 g/mol. The summed E-state index contributed by atoms with van der Waals surface area (Å²) in [5, 5.41) is 0. The third-order valence-corrected chi connectivity index (χ3v) is 7.10. The van der Waals surface area contributed by atoms with Crippen LogP contribution in [0.3, 0.4) is 0 Å². The highest BCUT2D eigenvalue weighted by Gasteiger charge is 2.31. The number of hydrogen-bond acceptors (Lipinski definition) is 0. The van der Waals surface area contributed by atoms with Crippen molar-refractivity contribution in [2.24, 2.45) is 17.8 Å². The second-order valence-corrected chi connectivity index (χ2v) is 8.75. The van der Waals surface area contributed by atoms with Crippen LogP contribution in [-0.4, -0.2) is 0 Å². The van der Waals surface area contributed by atoms with E-state index in [0.29, 0.717) is 0 Å². The first-order valence-corrected chi connectivity index (χ1v) is 11.0. The van der Waals surface area contributed by atoms with E-state index >= 15 is 0 Å². The molecule has 0 aromatic heterocycles. The summed E-state index contributed by atoms with van der Waals surface area (Å²) in [6, 6.07) is 9.58. The van der Waals surface area contributed by atoms with Gasteiger partial charge in [0.05, 0.1) is 0 Å². The molecular formula is C25H38. The Kier molecular flexibility index (Phi) is 7.20. The standard InChI is InChI=1S/C25H38/c1-3-5-7-21-10-14-23(15-11-21)25-18-16-24(17-19-25)22-12-8-20(6-4-2)9-13-22/h3,8-9,12-13,21,23-25H,1,4-7,10-11,14-19H2,2H3. The van der Waals surface area contributed by atoms with Crippen LogP contribution in [0.25, 0.3) is 0 Å². The number of hydrogen-bond donors (Lipinski definition) is 0. The van der Waals surface area contributed by atoms with Gasteiger partial charge >= 0.3 is 0 Å². The van der Waals surface area contributed by atoms with Crippen molar-refractivity contribution in [1.29, 1.82) is 0 Å². The Labute approximate surface area is 156 Å². The molecule has 0 bridgehead atoms. The Morgan fingerprint density at radius 3 is 2.04 bits per heavy atom. The molecule has 138 valence electrons. The Balaban J connectivity index is 1.43. The molecule has 1 aromatic carbocycles. The molecule has 0 radical (unpaired) electrons. The van der Waals surface area contributed by atoms with Gasteiger partial charge in [0, 0.05) is 0 Å². The number of aryl methyl sites for hydroxylation is 1. The molecule has 0 atom stereocenters. The molecule has 0 amide bonds. The van der Waals surface area contributed by atoms with Gasteiger partial charge < -0.3 is 0 Å². The lowest BCUT2D eigenvalue weighted by molar-refractivity contribution is 0.157. The summed E-state index contributed by atoms with van der Waals surface area (Å²) in [5.74, 6) is 3.88. The minimum atomic E-state index is 0.829. The van der Waals surface area contributed by atoms with E-state index in [-0.39, 0.29) is 0 Å². The molecule has 0 N–H and O–H groups in total. The maximum atomic E-state index is 3.88. The Bertz CT molecular complexity index is 495. The van der Waals surface area contributed by atoms with Gasteiger partial charge in [-0.15, -0.1) is 6.58 Å². The molecule has 0 saturated heterocycles. The summed E-state index contributed by atoms with van der Waals surface area (Å²) in [4.78, 5) is 0. The maximum absolute atomic E-state index is 3.88. The molecule has 1 aromatic rings. The maximum Gasteiger partial charge on any atom is -0.0162 e. The van der Waals surface area contributed by atoms with Crippen molar-refractivity contribution in [2.45, 2.75) is 89.9 Å². The van der Waals surface area contributed by atoms with Crippen LogP contribution >= 0.6 is 0 Å². The Morgan fingerprint density at radius 1 is 0.880 bits per heavy atom. The lowest BCUT2D eigenvalue weighted by Gasteiger charge is -2.38. The quantitative estimate of drug-likeness (QED) is 0.447. The van der Waals surface area contributed by atoms with Gasteiger partial charge in [-0.05, 0) is 92.6 Å². The minimum Gasteiger partial charge on any atom is -0.103 e. The third kappa shape index (κ3) is 5.22. The molecule has 2 aliphatic rings. The summed E-state index contributed by atoms with van der Waals surface area (Å²) in [7, 11) is 0. The van der Waals surface area contributed by atoms with Gasteiger partial charge in [-0.2, -0.15) is 0 Å². The SMILES string of the molecule is C=CCCC1CCC(C2CCC(c3ccc(CCC)cc3)CC2)CC1. The summed E-state index contributed by atoms with van der Waals surface area (Å²) < 4.78 is 0. The second kappa shape index (κ2) is 9.60. The molecule has 2 aliphatic carbocycles. The fourth-order valence-corrected chi connectivity index (χ4v) is 5.47. The van der Waals surface area contributed by atoms with Crippen molar-refractivity contribution in [2.75, 3.05) is 0 Å². The van der Waals surface area contributed by atoms with Crippen molar-refractivity contribution >= 4 is 0 Å². The summed E-state index contributed by atoms with van der Waals surface area (Å²) >= 11 is 0. The normalized spacial score (nSPS) is 30.1. The highest BCUT2D eigenvalue weighted by molar-refractivity contribution is 5.26. The van der Waals surface area contributed by atoms with E-state index in [1.807, 2.05) is 0 Å². The van der Waals surface area contributed by atoms with E-state index in [4.69, 9.17) is 0 Å². The van der Waals surface area contributed by atoms with Crippen molar-refractivity contribution in [1.82, 2.24) is 0 Å². The summed E-state index contributed by atoms with van der Waals surface area (Å²) in [6.45, 7) is 6.15. The highest BCUT2D eigenvalue weighted by Crippen LogP contribution is 2.44. The van der Waals surface area contributed by atoms with E-state index in [2.05, 4.69) is 43.8 Å². The number of rotatable bonds is 7. The first kappa shape index (κ1) is 18.7. The van der Waals surface area contributed by atoms with Crippen LogP contribution in [0.15, 0.2) is 36.9 Å². The molecule has 2 fully saturated rings. The summed E-state index contributed by atoms with van der Waals surface area (Å²) in [6.07, 6.45) is 19.0. The third-order valence-electron chi connectivity index (χ3n) is 7.10. The molecule has 3 rings (SSSR count). The number of benzene rings is 1. The molecule has 0 heterocycles. The van der Waals surface area contributed by atoms with E-state index < -0.39 is 0 Å². The van der Waals surface area contributed by atoms with E-state index in [1.165, 1.54) is 82.6 Å². The molecule has 2 saturated carbocycles. The first-order valence-electron chi connectivity index (χ1n) is 11.0. The zero-order chi connectivity index (χ0) is 17.5. The zero-order valence-corrected chi connectivity index (χ0v) is 16.4. The van der Waals surface area contributed by atoms with Crippen LogP contribution in [0.1, 0.15) is 94.6 Å². The highest BCUT2D eigenvalue weighted by atomic mass is 14.4. The molecule has 0 heteroatoms. The zero-order valence-electron chi connectivity index (χ0n) is 16.4. The van der Waals surface area contributed by atoms with Gasteiger partial charge in [0.1, 0.15) is 0 Å². The molecule has 0 nitrogen and oxygen atoms in total. The molecule has 25 heavy (non-hydrogen) atoms. The fourth-order valence-electron chi connectivity index (χ4n) is 5.47. The molecule has 0 aliphatic heterocycles. The van der Waals surface area contributed by atoms with E-state index in [0.717, 1.165) is 23.7 Å². The lowest BCUT2D eigenvalue weighted by atomic mass is 9.68. The molecule has 0 unspecified atom stereocenters. The van der Waals surface area contributed by atoms with Crippen molar-refractivity contribution < 1.29 is 0 Å². The topological polar surface area (TPSA) is 0 Å². The van der Waals surface area contributed by atoms with E-state index in [1.54, 1.807) is 5.56 Å². The smallest absolute Gasteiger partial charge is 0.0162 e. The van der Waals surface area contributed by atoms with Crippen molar-refractivity contribution in [3.63, 3.8) is 0 Å². The Hall–Kier alpha value is -1.04. The van der Waals surface area contributed by atoms with E-state index in [9.17, 15) is 0 Å². The monoisotopic (exact) mass is 338 g/mol. The number of allylic oxidation sites excluding steroid dienone is 1. The van der Waals surface area contributed by atoms with Crippen LogP contribution in [0.5, 0.6) is 0 Å². The van der Waals surface area contributed by atoms with Crippen LogP contribution in [0, 0.1) is 17.8 Å². The minimum absolute atomic E-state index is 0.829.